The van der Waals surface area contributed by atoms with Crippen molar-refractivity contribution in [3.8, 4) is 0 Å². The van der Waals surface area contributed by atoms with E-state index >= 15 is 0 Å². The number of rotatable bonds is 11. The lowest BCUT2D eigenvalue weighted by molar-refractivity contribution is -0.139. The lowest BCUT2D eigenvalue weighted by atomic mass is 10.1. The van der Waals surface area contributed by atoms with E-state index in [0.29, 0.717) is 16.5 Å². The topological polar surface area (TPSA) is 49.4 Å². The number of aryl methyl sites for hydroxylation is 1. The summed E-state index contributed by atoms with van der Waals surface area (Å²) in [6, 6.07) is 13.0. The van der Waals surface area contributed by atoms with Crippen molar-refractivity contribution in [3.05, 3.63) is 69.2 Å². The molecule has 2 amide bonds. The third kappa shape index (κ3) is 8.02. The molecular formula is C25H32Cl2N2O2S. The van der Waals surface area contributed by atoms with E-state index in [1.165, 1.54) is 11.1 Å². The van der Waals surface area contributed by atoms with Gasteiger partial charge in [-0.2, -0.15) is 0 Å². The zero-order valence-electron chi connectivity index (χ0n) is 19.2. The molecule has 0 saturated carbocycles. The van der Waals surface area contributed by atoms with Crippen LogP contribution >= 0.6 is 35.0 Å². The van der Waals surface area contributed by atoms with E-state index in [2.05, 4.69) is 30.4 Å². The van der Waals surface area contributed by atoms with Crippen molar-refractivity contribution in [2.45, 2.75) is 64.9 Å². The van der Waals surface area contributed by atoms with Crippen LogP contribution in [0.15, 0.2) is 42.5 Å². The van der Waals surface area contributed by atoms with E-state index in [9.17, 15) is 9.59 Å². The summed E-state index contributed by atoms with van der Waals surface area (Å²) in [4.78, 5) is 27.9. The molecule has 4 nitrogen and oxygen atoms in total. The lowest BCUT2D eigenvalue weighted by Gasteiger charge is -2.31. The number of carbonyl (C=O) groups excluding carboxylic acids is 2. The molecule has 2 atom stereocenters. The minimum atomic E-state index is -0.567. The lowest BCUT2D eigenvalue weighted by Crippen LogP contribution is -2.51. The summed E-state index contributed by atoms with van der Waals surface area (Å²) < 4.78 is 0. The van der Waals surface area contributed by atoms with Gasteiger partial charge in [-0.1, -0.05) is 72.9 Å². The summed E-state index contributed by atoms with van der Waals surface area (Å²) in [5.41, 5.74) is 3.14. The van der Waals surface area contributed by atoms with Crippen molar-refractivity contribution in [1.82, 2.24) is 10.2 Å². The van der Waals surface area contributed by atoms with Crippen LogP contribution in [0.1, 0.15) is 50.3 Å². The average molecular weight is 496 g/mol. The zero-order chi connectivity index (χ0) is 23.7. The number of hydrogen-bond donors (Lipinski definition) is 1. The monoisotopic (exact) mass is 494 g/mol. The maximum Gasteiger partial charge on any atom is 0.243 e. The molecule has 0 aliphatic heterocycles. The van der Waals surface area contributed by atoms with E-state index in [1.807, 2.05) is 32.9 Å². The van der Waals surface area contributed by atoms with Crippen LogP contribution in [0.3, 0.4) is 0 Å². The molecule has 0 aliphatic carbocycles. The number of carbonyl (C=O) groups is 2. The van der Waals surface area contributed by atoms with Gasteiger partial charge in [-0.15, -0.1) is 11.8 Å². The fourth-order valence-electron chi connectivity index (χ4n) is 3.34. The largest absolute Gasteiger partial charge is 0.352 e. The Kier molecular flexibility index (Phi) is 10.9. The highest BCUT2D eigenvalue weighted by Crippen LogP contribution is 2.24. The number of nitrogens with one attached hydrogen (secondary N) is 1. The second kappa shape index (κ2) is 13.1. The van der Waals surface area contributed by atoms with Gasteiger partial charge in [-0.05, 0) is 49.9 Å². The van der Waals surface area contributed by atoms with Gasteiger partial charge < -0.3 is 10.2 Å². The van der Waals surface area contributed by atoms with Crippen LogP contribution in [-0.4, -0.2) is 34.6 Å². The van der Waals surface area contributed by atoms with Crippen molar-refractivity contribution in [2.75, 3.05) is 5.75 Å². The normalized spacial score (nSPS) is 12.8. The van der Waals surface area contributed by atoms with E-state index in [-0.39, 0.29) is 30.2 Å². The molecule has 2 rings (SSSR count). The number of benzene rings is 2. The molecule has 2 aromatic rings. The standard InChI is InChI=1S/C25H32Cl2N2O2S/c1-5-18(4)28-25(31)23(6-2)29(14-20-10-11-21(26)13-22(20)27)24(30)16-32-15-19-9-7-8-17(3)12-19/h7-13,18,23H,5-6,14-16H2,1-4H3,(H,28,31)/t18-,23+/m1/s1. The van der Waals surface area contributed by atoms with Crippen LogP contribution < -0.4 is 5.32 Å². The van der Waals surface area contributed by atoms with E-state index in [4.69, 9.17) is 23.2 Å². The van der Waals surface area contributed by atoms with Crippen molar-refractivity contribution < 1.29 is 9.59 Å². The maximum absolute atomic E-state index is 13.3. The maximum atomic E-state index is 13.3. The molecule has 174 valence electrons. The Bertz CT molecular complexity index is 923. The molecule has 0 aliphatic rings. The Hall–Kier alpha value is -1.69. The number of thioether (sulfide) groups is 1. The van der Waals surface area contributed by atoms with Gasteiger partial charge >= 0.3 is 0 Å². The Labute approximate surface area is 206 Å². The van der Waals surface area contributed by atoms with E-state index in [1.54, 1.807) is 28.8 Å². The highest BCUT2D eigenvalue weighted by atomic mass is 35.5. The van der Waals surface area contributed by atoms with Crippen molar-refractivity contribution in [1.29, 1.82) is 0 Å². The van der Waals surface area contributed by atoms with Crippen LogP contribution in [0, 0.1) is 6.92 Å². The van der Waals surface area contributed by atoms with Crippen LogP contribution in [-0.2, 0) is 21.9 Å². The Morgan fingerprint density at radius 1 is 1.09 bits per heavy atom. The van der Waals surface area contributed by atoms with Gasteiger partial charge in [-0.25, -0.2) is 0 Å². The molecule has 0 unspecified atom stereocenters. The summed E-state index contributed by atoms with van der Waals surface area (Å²) in [6.07, 6.45) is 1.34. The third-order valence-electron chi connectivity index (χ3n) is 5.32. The van der Waals surface area contributed by atoms with Gasteiger partial charge in [0.1, 0.15) is 6.04 Å². The Morgan fingerprint density at radius 2 is 1.84 bits per heavy atom. The molecule has 7 heteroatoms. The molecule has 0 radical (unpaired) electrons. The second-order valence-electron chi connectivity index (χ2n) is 7.98. The quantitative estimate of drug-likeness (QED) is 0.401. The smallest absolute Gasteiger partial charge is 0.243 e. The third-order valence-corrected chi connectivity index (χ3v) is 6.89. The molecule has 0 saturated heterocycles. The summed E-state index contributed by atoms with van der Waals surface area (Å²) in [7, 11) is 0. The van der Waals surface area contributed by atoms with Crippen LogP contribution in [0.25, 0.3) is 0 Å². The number of hydrogen-bond acceptors (Lipinski definition) is 3. The molecule has 1 N–H and O–H groups in total. The summed E-state index contributed by atoms with van der Waals surface area (Å²) in [5.74, 6) is 0.800. The highest BCUT2D eigenvalue weighted by molar-refractivity contribution is 7.99. The molecule has 0 bridgehead atoms. The first-order valence-electron chi connectivity index (χ1n) is 10.9. The van der Waals surface area contributed by atoms with E-state index in [0.717, 1.165) is 17.7 Å². The minimum Gasteiger partial charge on any atom is -0.352 e. The molecule has 0 fully saturated rings. The SMILES string of the molecule is CC[C@@H](C)NC(=O)[C@H](CC)N(Cc1ccc(Cl)cc1Cl)C(=O)CSCc1cccc(C)c1. The van der Waals surface area contributed by atoms with Gasteiger partial charge in [0.05, 0.1) is 5.75 Å². The van der Waals surface area contributed by atoms with Gasteiger partial charge in [-0.3, -0.25) is 9.59 Å². The van der Waals surface area contributed by atoms with Crippen LogP contribution in [0.4, 0.5) is 0 Å². The minimum absolute atomic E-state index is 0.0447. The number of halogens is 2. The van der Waals surface area contributed by atoms with Gasteiger partial charge in [0.25, 0.3) is 0 Å². The van der Waals surface area contributed by atoms with Crippen LogP contribution in [0.2, 0.25) is 10.0 Å². The number of amides is 2. The summed E-state index contributed by atoms with van der Waals surface area (Å²) in [6.45, 7) is 8.21. The average Bonchev–Trinajstić information content (AvgIpc) is 2.74. The van der Waals surface area contributed by atoms with E-state index < -0.39 is 6.04 Å². The Morgan fingerprint density at radius 3 is 2.47 bits per heavy atom. The fourth-order valence-corrected chi connectivity index (χ4v) is 4.66. The van der Waals surface area contributed by atoms with Gasteiger partial charge in [0.15, 0.2) is 0 Å². The molecule has 0 heterocycles. The Balaban J connectivity index is 2.18. The van der Waals surface area contributed by atoms with Crippen molar-refractivity contribution in [3.63, 3.8) is 0 Å². The highest BCUT2D eigenvalue weighted by Gasteiger charge is 2.29. The predicted molar refractivity (Wildman–Crippen MR) is 136 cm³/mol. The van der Waals surface area contributed by atoms with Gasteiger partial charge in [0.2, 0.25) is 11.8 Å². The number of nitrogens with zero attached hydrogens (tertiary/aromatic N) is 1. The molecule has 2 aromatic carbocycles. The van der Waals surface area contributed by atoms with Crippen LogP contribution in [0.5, 0.6) is 0 Å². The summed E-state index contributed by atoms with van der Waals surface area (Å²) in [5, 5.41) is 4.04. The molecule has 0 spiro atoms. The first-order valence-corrected chi connectivity index (χ1v) is 12.8. The van der Waals surface area contributed by atoms with Crippen molar-refractivity contribution >= 4 is 46.8 Å². The van der Waals surface area contributed by atoms with Crippen molar-refractivity contribution in [2.24, 2.45) is 0 Å². The fraction of sp³-hybridized carbons (Fsp3) is 0.440. The predicted octanol–water partition coefficient (Wildman–Crippen LogP) is 6.26. The summed E-state index contributed by atoms with van der Waals surface area (Å²) >= 11 is 14.0. The molecule has 32 heavy (non-hydrogen) atoms. The second-order valence-corrected chi connectivity index (χ2v) is 9.81. The molecule has 0 aromatic heterocycles. The molecular weight excluding hydrogens is 463 g/mol. The zero-order valence-corrected chi connectivity index (χ0v) is 21.5. The van der Waals surface area contributed by atoms with Gasteiger partial charge in [0, 0.05) is 28.4 Å². The first-order chi connectivity index (χ1) is 15.2. The first kappa shape index (κ1) is 26.6.